The molecule has 1 N–H and O–H groups in total. The minimum absolute atomic E-state index is 0.347. The molecule has 3 rings (SSSR count). The summed E-state index contributed by atoms with van der Waals surface area (Å²) in [5, 5.41) is 3.21. The predicted molar refractivity (Wildman–Crippen MR) is 59.3 cm³/mol. The SMILES string of the molecule is Fc1ccc(-c2ncc3n2CCNC3)c(F)c1. The third-order valence-corrected chi connectivity index (χ3v) is 2.93. The number of nitrogens with zero attached hydrogens (tertiary/aromatic N) is 2. The Morgan fingerprint density at radius 3 is 3.00 bits per heavy atom. The van der Waals surface area contributed by atoms with Crippen molar-refractivity contribution >= 4 is 0 Å². The van der Waals surface area contributed by atoms with E-state index in [4.69, 9.17) is 0 Å². The lowest BCUT2D eigenvalue weighted by molar-refractivity contribution is 0.517. The molecule has 17 heavy (non-hydrogen) atoms. The van der Waals surface area contributed by atoms with Crippen LogP contribution in [0.2, 0.25) is 0 Å². The predicted octanol–water partition coefficient (Wildman–Crippen LogP) is 1.93. The number of halogens is 2. The highest BCUT2D eigenvalue weighted by Crippen LogP contribution is 2.24. The number of hydrogen-bond acceptors (Lipinski definition) is 2. The average Bonchev–Trinajstić information content (AvgIpc) is 2.73. The van der Waals surface area contributed by atoms with Gasteiger partial charge in [0.05, 0.1) is 17.5 Å². The van der Waals surface area contributed by atoms with Gasteiger partial charge in [-0.15, -0.1) is 0 Å². The number of imidazole rings is 1. The summed E-state index contributed by atoms with van der Waals surface area (Å²) in [4.78, 5) is 4.22. The maximum absolute atomic E-state index is 13.7. The Kier molecular flexibility index (Phi) is 2.40. The highest BCUT2D eigenvalue weighted by Gasteiger charge is 2.17. The van der Waals surface area contributed by atoms with Crippen molar-refractivity contribution in [2.24, 2.45) is 0 Å². The molecular formula is C12H11F2N3. The fourth-order valence-electron chi connectivity index (χ4n) is 2.09. The van der Waals surface area contributed by atoms with Crippen molar-refractivity contribution in [1.29, 1.82) is 0 Å². The first kappa shape index (κ1) is 10.4. The fraction of sp³-hybridized carbons (Fsp3) is 0.250. The van der Waals surface area contributed by atoms with Gasteiger partial charge in [0.25, 0.3) is 0 Å². The lowest BCUT2D eigenvalue weighted by Gasteiger charge is -2.17. The Morgan fingerprint density at radius 1 is 1.29 bits per heavy atom. The number of nitrogens with one attached hydrogen (secondary N) is 1. The molecule has 88 valence electrons. The minimum Gasteiger partial charge on any atom is -0.325 e. The van der Waals surface area contributed by atoms with Crippen LogP contribution in [0.15, 0.2) is 24.4 Å². The second-order valence-corrected chi connectivity index (χ2v) is 4.03. The van der Waals surface area contributed by atoms with E-state index in [1.807, 2.05) is 4.57 Å². The molecule has 2 heterocycles. The van der Waals surface area contributed by atoms with E-state index in [1.54, 1.807) is 6.20 Å². The number of hydrogen-bond donors (Lipinski definition) is 1. The molecule has 0 aliphatic carbocycles. The van der Waals surface area contributed by atoms with Crippen molar-refractivity contribution in [3.8, 4) is 11.4 Å². The molecule has 0 fully saturated rings. The zero-order valence-corrected chi connectivity index (χ0v) is 9.08. The molecule has 0 unspecified atom stereocenters. The Hall–Kier alpha value is -1.75. The number of benzene rings is 1. The highest BCUT2D eigenvalue weighted by atomic mass is 19.1. The van der Waals surface area contributed by atoms with Gasteiger partial charge in [-0.1, -0.05) is 0 Å². The number of aromatic nitrogens is 2. The van der Waals surface area contributed by atoms with E-state index in [1.165, 1.54) is 12.1 Å². The molecule has 0 atom stereocenters. The first-order chi connectivity index (χ1) is 8.25. The van der Waals surface area contributed by atoms with Crippen LogP contribution in [-0.2, 0) is 13.1 Å². The first-order valence-corrected chi connectivity index (χ1v) is 5.46. The number of fused-ring (bicyclic) bond motifs is 1. The molecule has 0 spiro atoms. The van der Waals surface area contributed by atoms with Crippen LogP contribution in [0.4, 0.5) is 8.78 Å². The zero-order chi connectivity index (χ0) is 11.8. The molecule has 2 aromatic rings. The standard InChI is InChI=1S/C12H11F2N3/c13-8-1-2-10(11(14)5-8)12-16-7-9-6-15-3-4-17(9)12/h1-2,5,7,15H,3-4,6H2. The van der Waals surface area contributed by atoms with Gasteiger partial charge in [0, 0.05) is 25.7 Å². The second kappa shape index (κ2) is 3.92. The van der Waals surface area contributed by atoms with E-state index in [0.717, 1.165) is 31.4 Å². The molecular weight excluding hydrogens is 224 g/mol. The summed E-state index contributed by atoms with van der Waals surface area (Å²) in [7, 11) is 0. The fourth-order valence-corrected chi connectivity index (χ4v) is 2.09. The molecule has 0 saturated heterocycles. The van der Waals surface area contributed by atoms with E-state index in [9.17, 15) is 8.78 Å². The van der Waals surface area contributed by atoms with E-state index in [-0.39, 0.29) is 0 Å². The Balaban J connectivity index is 2.12. The molecule has 1 aliphatic heterocycles. The number of rotatable bonds is 1. The third-order valence-electron chi connectivity index (χ3n) is 2.93. The average molecular weight is 235 g/mol. The van der Waals surface area contributed by atoms with Gasteiger partial charge in [0.1, 0.15) is 17.5 Å². The monoisotopic (exact) mass is 235 g/mol. The molecule has 0 bridgehead atoms. The summed E-state index contributed by atoms with van der Waals surface area (Å²) in [5.41, 5.74) is 1.37. The van der Waals surface area contributed by atoms with Gasteiger partial charge in [0.15, 0.2) is 0 Å². The van der Waals surface area contributed by atoms with Gasteiger partial charge in [-0.25, -0.2) is 13.8 Å². The van der Waals surface area contributed by atoms with Crippen LogP contribution in [-0.4, -0.2) is 16.1 Å². The summed E-state index contributed by atoms with van der Waals surface area (Å²) >= 11 is 0. The summed E-state index contributed by atoms with van der Waals surface area (Å²) in [6.07, 6.45) is 1.73. The van der Waals surface area contributed by atoms with Crippen molar-refractivity contribution in [2.45, 2.75) is 13.1 Å². The van der Waals surface area contributed by atoms with Gasteiger partial charge in [-0.2, -0.15) is 0 Å². The van der Waals surface area contributed by atoms with Gasteiger partial charge < -0.3 is 9.88 Å². The van der Waals surface area contributed by atoms with Gasteiger partial charge >= 0.3 is 0 Å². The van der Waals surface area contributed by atoms with Crippen LogP contribution in [0.5, 0.6) is 0 Å². The second-order valence-electron chi connectivity index (χ2n) is 4.03. The van der Waals surface area contributed by atoms with Crippen molar-refractivity contribution in [1.82, 2.24) is 14.9 Å². The Morgan fingerprint density at radius 2 is 2.18 bits per heavy atom. The molecule has 0 radical (unpaired) electrons. The normalized spacial score (nSPS) is 14.7. The van der Waals surface area contributed by atoms with Crippen LogP contribution in [0.1, 0.15) is 5.69 Å². The Labute approximate surface area is 97.1 Å². The smallest absolute Gasteiger partial charge is 0.143 e. The van der Waals surface area contributed by atoms with E-state index < -0.39 is 11.6 Å². The van der Waals surface area contributed by atoms with Crippen molar-refractivity contribution < 1.29 is 8.78 Å². The highest BCUT2D eigenvalue weighted by molar-refractivity contribution is 5.57. The summed E-state index contributed by atoms with van der Waals surface area (Å²) in [6, 6.07) is 3.57. The van der Waals surface area contributed by atoms with Crippen LogP contribution in [0.25, 0.3) is 11.4 Å². The summed E-state index contributed by atoms with van der Waals surface area (Å²) < 4.78 is 28.5. The molecule has 1 aliphatic rings. The van der Waals surface area contributed by atoms with Crippen LogP contribution in [0, 0.1) is 11.6 Å². The van der Waals surface area contributed by atoms with Crippen molar-refractivity contribution in [3.63, 3.8) is 0 Å². The molecule has 0 saturated carbocycles. The van der Waals surface area contributed by atoms with Crippen molar-refractivity contribution in [3.05, 3.63) is 41.7 Å². The van der Waals surface area contributed by atoms with E-state index in [0.29, 0.717) is 11.4 Å². The molecule has 3 nitrogen and oxygen atoms in total. The topological polar surface area (TPSA) is 29.9 Å². The minimum atomic E-state index is -0.572. The maximum Gasteiger partial charge on any atom is 0.143 e. The quantitative estimate of drug-likeness (QED) is 0.818. The first-order valence-electron chi connectivity index (χ1n) is 5.46. The van der Waals surface area contributed by atoms with Crippen LogP contribution in [0.3, 0.4) is 0 Å². The van der Waals surface area contributed by atoms with Crippen LogP contribution >= 0.6 is 0 Å². The molecule has 0 amide bonds. The molecule has 1 aromatic carbocycles. The van der Waals surface area contributed by atoms with E-state index >= 15 is 0 Å². The largest absolute Gasteiger partial charge is 0.325 e. The molecule has 5 heteroatoms. The van der Waals surface area contributed by atoms with Gasteiger partial charge in [-0.3, -0.25) is 0 Å². The third kappa shape index (κ3) is 1.72. The van der Waals surface area contributed by atoms with Gasteiger partial charge in [-0.05, 0) is 12.1 Å². The summed E-state index contributed by atoms with van der Waals surface area (Å²) in [5.74, 6) is -0.575. The lowest BCUT2D eigenvalue weighted by atomic mass is 10.2. The molecule has 1 aromatic heterocycles. The zero-order valence-electron chi connectivity index (χ0n) is 9.08. The Bertz CT molecular complexity index is 563. The van der Waals surface area contributed by atoms with Gasteiger partial charge in [0.2, 0.25) is 0 Å². The lowest BCUT2D eigenvalue weighted by Crippen LogP contribution is -2.28. The maximum atomic E-state index is 13.7. The van der Waals surface area contributed by atoms with Crippen molar-refractivity contribution in [2.75, 3.05) is 6.54 Å². The summed E-state index contributed by atoms with van der Waals surface area (Å²) in [6.45, 7) is 2.32. The van der Waals surface area contributed by atoms with E-state index in [2.05, 4.69) is 10.3 Å². The van der Waals surface area contributed by atoms with Crippen LogP contribution < -0.4 is 5.32 Å².